The Kier molecular flexibility index (Phi) is 4.28. The molecule has 0 bridgehead atoms. The highest BCUT2D eigenvalue weighted by molar-refractivity contribution is 5.89. The number of amides is 2. The summed E-state index contributed by atoms with van der Waals surface area (Å²) in [4.78, 5) is 12.9. The van der Waals surface area contributed by atoms with Crippen molar-refractivity contribution in [1.29, 1.82) is 5.26 Å². The van der Waals surface area contributed by atoms with Crippen LogP contribution in [0.3, 0.4) is 0 Å². The van der Waals surface area contributed by atoms with Crippen LogP contribution in [0.4, 0.5) is 14.9 Å². The second-order valence-corrected chi connectivity index (χ2v) is 3.11. The fraction of sp³-hybridized carbons (Fsp3) is 0.273. The van der Waals surface area contributed by atoms with Gasteiger partial charge in [0.15, 0.2) is 0 Å². The number of anilines is 1. The van der Waals surface area contributed by atoms with Gasteiger partial charge in [0.1, 0.15) is 12.4 Å². The average Bonchev–Trinajstić information content (AvgIpc) is 2.29. The van der Waals surface area contributed by atoms with Gasteiger partial charge in [-0.25, -0.2) is 9.18 Å². The summed E-state index contributed by atoms with van der Waals surface area (Å²) in [5.74, 6) is -0.359. The quantitative estimate of drug-likeness (QED) is 0.795. The molecule has 5 heteroatoms. The Balaban J connectivity index is 2.63. The van der Waals surface area contributed by atoms with Gasteiger partial charge in [0.05, 0.1) is 6.07 Å². The SMILES string of the molecule is CCN(CC#N)C(=O)Nc1ccc(F)cc1. The summed E-state index contributed by atoms with van der Waals surface area (Å²) >= 11 is 0. The van der Waals surface area contributed by atoms with Crippen molar-refractivity contribution in [3.8, 4) is 6.07 Å². The summed E-state index contributed by atoms with van der Waals surface area (Å²) in [6.07, 6.45) is 0. The van der Waals surface area contributed by atoms with E-state index in [1.54, 1.807) is 6.92 Å². The maximum absolute atomic E-state index is 12.6. The number of halogens is 1. The van der Waals surface area contributed by atoms with Crippen molar-refractivity contribution in [2.45, 2.75) is 6.92 Å². The third-order valence-electron chi connectivity index (χ3n) is 2.03. The van der Waals surface area contributed by atoms with Crippen molar-refractivity contribution in [2.75, 3.05) is 18.4 Å². The molecule has 1 aromatic rings. The number of nitriles is 1. The molecule has 0 unspecified atom stereocenters. The van der Waals surface area contributed by atoms with E-state index in [9.17, 15) is 9.18 Å². The zero-order valence-corrected chi connectivity index (χ0v) is 8.90. The average molecular weight is 221 g/mol. The number of carbonyl (C=O) groups excluding carboxylic acids is 1. The molecule has 1 N–H and O–H groups in total. The third kappa shape index (κ3) is 3.24. The number of carbonyl (C=O) groups is 1. The lowest BCUT2D eigenvalue weighted by atomic mass is 10.3. The summed E-state index contributed by atoms with van der Waals surface area (Å²) in [6, 6.07) is 6.99. The first kappa shape index (κ1) is 12.0. The third-order valence-corrected chi connectivity index (χ3v) is 2.03. The molecule has 0 radical (unpaired) electrons. The first-order valence-corrected chi connectivity index (χ1v) is 4.85. The van der Waals surface area contributed by atoms with E-state index in [4.69, 9.17) is 5.26 Å². The van der Waals surface area contributed by atoms with Crippen LogP contribution < -0.4 is 5.32 Å². The lowest BCUT2D eigenvalue weighted by Crippen LogP contribution is -2.35. The first-order valence-electron chi connectivity index (χ1n) is 4.85. The molecule has 0 atom stereocenters. The van der Waals surface area contributed by atoms with Crippen LogP contribution >= 0.6 is 0 Å². The molecule has 0 heterocycles. The standard InChI is InChI=1S/C11H12FN3O/c1-2-15(8-7-13)11(16)14-10-5-3-9(12)4-6-10/h3-6H,2,8H2,1H3,(H,14,16). The van der Waals surface area contributed by atoms with Crippen LogP contribution in [0.2, 0.25) is 0 Å². The Morgan fingerprint density at radius 3 is 2.62 bits per heavy atom. The number of rotatable bonds is 3. The maximum Gasteiger partial charge on any atom is 0.322 e. The minimum Gasteiger partial charge on any atom is -0.311 e. The monoisotopic (exact) mass is 221 g/mol. The molecule has 1 rings (SSSR count). The number of nitrogens with one attached hydrogen (secondary N) is 1. The fourth-order valence-corrected chi connectivity index (χ4v) is 1.15. The summed E-state index contributed by atoms with van der Waals surface area (Å²) < 4.78 is 12.6. The van der Waals surface area contributed by atoms with Crippen LogP contribution in [0.5, 0.6) is 0 Å². The molecule has 0 aliphatic heterocycles. The van der Waals surface area contributed by atoms with Crippen molar-refractivity contribution in [3.05, 3.63) is 30.1 Å². The van der Waals surface area contributed by atoms with Crippen LogP contribution in [-0.2, 0) is 0 Å². The van der Waals surface area contributed by atoms with Crippen molar-refractivity contribution in [1.82, 2.24) is 4.90 Å². The number of hydrogen-bond acceptors (Lipinski definition) is 2. The molecule has 0 spiro atoms. The zero-order chi connectivity index (χ0) is 12.0. The van der Waals surface area contributed by atoms with Crippen molar-refractivity contribution < 1.29 is 9.18 Å². The number of hydrogen-bond donors (Lipinski definition) is 1. The Labute approximate surface area is 93.3 Å². The Morgan fingerprint density at radius 2 is 2.12 bits per heavy atom. The molecule has 4 nitrogen and oxygen atoms in total. The number of urea groups is 1. The van der Waals surface area contributed by atoms with E-state index in [0.29, 0.717) is 12.2 Å². The van der Waals surface area contributed by atoms with E-state index in [0.717, 1.165) is 0 Å². The number of nitrogens with zero attached hydrogens (tertiary/aromatic N) is 2. The Hall–Kier alpha value is -2.09. The summed E-state index contributed by atoms with van der Waals surface area (Å²) in [7, 11) is 0. The second kappa shape index (κ2) is 5.71. The lowest BCUT2D eigenvalue weighted by molar-refractivity contribution is 0.220. The molecular weight excluding hydrogens is 209 g/mol. The van der Waals surface area contributed by atoms with Crippen molar-refractivity contribution >= 4 is 11.7 Å². The van der Waals surface area contributed by atoms with Crippen LogP contribution in [0.1, 0.15) is 6.92 Å². The van der Waals surface area contributed by atoms with Crippen LogP contribution in [0, 0.1) is 17.1 Å². The predicted octanol–water partition coefficient (Wildman–Crippen LogP) is 2.20. The highest BCUT2D eigenvalue weighted by Crippen LogP contribution is 2.09. The van der Waals surface area contributed by atoms with Gasteiger partial charge < -0.3 is 10.2 Å². The summed E-state index contributed by atoms with van der Waals surface area (Å²) in [6.45, 7) is 2.26. The molecule has 2 amide bonds. The van der Waals surface area contributed by atoms with Gasteiger partial charge in [-0.1, -0.05) is 0 Å². The van der Waals surface area contributed by atoms with Gasteiger partial charge in [0.2, 0.25) is 0 Å². The van der Waals surface area contributed by atoms with Crippen LogP contribution in [0.25, 0.3) is 0 Å². The van der Waals surface area contributed by atoms with E-state index in [1.807, 2.05) is 6.07 Å². The van der Waals surface area contributed by atoms with Crippen molar-refractivity contribution in [2.24, 2.45) is 0 Å². The zero-order valence-electron chi connectivity index (χ0n) is 8.90. The van der Waals surface area contributed by atoms with Gasteiger partial charge in [-0.3, -0.25) is 0 Å². The van der Waals surface area contributed by atoms with Gasteiger partial charge in [-0.05, 0) is 31.2 Å². The smallest absolute Gasteiger partial charge is 0.311 e. The fourth-order valence-electron chi connectivity index (χ4n) is 1.15. The van der Waals surface area contributed by atoms with Gasteiger partial charge in [0.25, 0.3) is 0 Å². The molecule has 0 aromatic heterocycles. The summed E-state index contributed by atoms with van der Waals surface area (Å²) in [5, 5.41) is 11.1. The normalized spacial score (nSPS) is 9.31. The highest BCUT2D eigenvalue weighted by Gasteiger charge is 2.10. The van der Waals surface area contributed by atoms with Gasteiger partial charge in [-0.15, -0.1) is 0 Å². The largest absolute Gasteiger partial charge is 0.322 e. The van der Waals surface area contributed by atoms with Gasteiger partial charge in [0, 0.05) is 12.2 Å². The minimum absolute atomic E-state index is 0.0313. The molecule has 84 valence electrons. The van der Waals surface area contributed by atoms with Crippen LogP contribution in [-0.4, -0.2) is 24.0 Å². The maximum atomic E-state index is 12.6. The molecule has 16 heavy (non-hydrogen) atoms. The van der Waals surface area contributed by atoms with Gasteiger partial charge in [-0.2, -0.15) is 5.26 Å². The minimum atomic E-state index is -0.365. The number of benzene rings is 1. The molecular formula is C11H12FN3O. The second-order valence-electron chi connectivity index (χ2n) is 3.11. The molecule has 0 aliphatic carbocycles. The predicted molar refractivity (Wildman–Crippen MR) is 58.3 cm³/mol. The molecule has 0 saturated carbocycles. The van der Waals surface area contributed by atoms with E-state index in [2.05, 4.69) is 5.32 Å². The lowest BCUT2D eigenvalue weighted by Gasteiger charge is -2.17. The van der Waals surface area contributed by atoms with E-state index >= 15 is 0 Å². The Morgan fingerprint density at radius 1 is 1.50 bits per heavy atom. The van der Waals surface area contributed by atoms with Gasteiger partial charge >= 0.3 is 6.03 Å². The molecule has 0 fully saturated rings. The van der Waals surface area contributed by atoms with Crippen molar-refractivity contribution in [3.63, 3.8) is 0 Å². The van der Waals surface area contributed by atoms with E-state index < -0.39 is 0 Å². The highest BCUT2D eigenvalue weighted by atomic mass is 19.1. The summed E-state index contributed by atoms with van der Waals surface area (Å²) in [5.41, 5.74) is 0.503. The molecule has 0 aliphatic rings. The molecule has 1 aromatic carbocycles. The first-order chi connectivity index (χ1) is 7.67. The topological polar surface area (TPSA) is 56.1 Å². The van der Waals surface area contributed by atoms with E-state index in [-0.39, 0.29) is 18.4 Å². The Bertz CT molecular complexity index is 397. The van der Waals surface area contributed by atoms with Crippen LogP contribution in [0.15, 0.2) is 24.3 Å². The van der Waals surface area contributed by atoms with E-state index in [1.165, 1.54) is 29.2 Å². The molecule has 0 saturated heterocycles.